The van der Waals surface area contributed by atoms with E-state index < -0.39 is 59.8 Å². The van der Waals surface area contributed by atoms with Crippen molar-refractivity contribution in [3.05, 3.63) is 158 Å². The van der Waals surface area contributed by atoms with Gasteiger partial charge in [-0.2, -0.15) is 8.42 Å². The van der Waals surface area contributed by atoms with Crippen molar-refractivity contribution in [3.63, 3.8) is 0 Å². The van der Waals surface area contributed by atoms with Crippen LogP contribution in [0.25, 0.3) is 0 Å². The van der Waals surface area contributed by atoms with E-state index >= 15 is 0 Å². The number of rotatable bonds is 41. The summed E-state index contributed by atoms with van der Waals surface area (Å²) < 4.78 is 59.1. The molecule has 0 radical (unpaired) electrons. The Morgan fingerprint density at radius 3 is 1.31 bits per heavy atom. The van der Waals surface area contributed by atoms with E-state index in [-0.39, 0.29) is 19.6 Å². The minimum atomic E-state index is -5.09. The van der Waals surface area contributed by atoms with E-state index in [1.807, 2.05) is 12.2 Å². The largest absolute Gasteiger partial charge is 0.457 e. The molecule has 1 heterocycles. The van der Waals surface area contributed by atoms with E-state index in [0.717, 1.165) is 103 Å². The highest BCUT2D eigenvalue weighted by Gasteiger charge is 2.48. The van der Waals surface area contributed by atoms with Gasteiger partial charge in [0.1, 0.15) is 30.5 Å². The summed E-state index contributed by atoms with van der Waals surface area (Å²) in [5.74, 6) is -0.505. The Hall–Kier alpha value is -4.28. The van der Waals surface area contributed by atoms with Crippen molar-refractivity contribution in [2.45, 2.75) is 166 Å². The van der Waals surface area contributed by atoms with Gasteiger partial charge < -0.3 is 34.3 Å². The number of unbranched alkanes of at least 4 members (excludes halogenated alkanes) is 2. The van der Waals surface area contributed by atoms with Crippen LogP contribution in [0.2, 0.25) is 0 Å². The van der Waals surface area contributed by atoms with E-state index in [0.29, 0.717) is 13.0 Å². The first kappa shape index (κ1) is 63.7. The molecule has 0 spiro atoms. The molecule has 6 atom stereocenters. The molecule has 0 bridgehead atoms. The van der Waals surface area contributed by atoms with Gasteiger partial charge in [-0.1, -0.05) is 172 Å². The molecule has 1 fully saturated rings. The van der Waals surface area contributed by atoms with Crippen LogP contribution in [-0.4, -0.2) is 97.5 Å². The molecule has 1 rings (SSSR count). The number of allylic oxidation sites excluding steroid dienone is 26. The highest BCUT2D eigenvalue weighted by Crippen LogP contribution is 2.26. The predicted octanol–water partition coefficient (Wildman–Crippen LogP) is 11.9. The third-order valence-electron chi connectivity index (χ3n) is 10.2. The molecule has 0 aliphatic carbocycles. The summed E-state index contributed by atoms with van der Waals surface area (Å²) in [4.78, 5) is 12.9. The zero-order valence-corrected chi connectivity index (χ0v) is 42.8. The van der Waals surface area contributed by atoms with E-state index in [9.17, 15) is 33.1 Å². The lowest BCUT2D eigenvalue weighted by Crippen LogP contribution is -2.60. The molecule has 392 valence electrons. The van der Waals surface area contributed by atoms with Crippen molar-refractivity contribution in [1.82, 2.24) is 0 Å². The van der Waals surface area contributed by atoms with E-state index in [2.05, 4.69) is 164 Å². The Bertz CT molecular complexity index is 1810. The summed E-state index contributed by atoms with van der Waals surface area (Å²) in [5.41, 5.74) is 0. The lowest BCUT2D eigenvalue weighted by atomic mass is 9.99. The molecule has 12 nitrogen and oxygen atoms in total. The van der Waals surface area contributed by atoms with Gasteiger partial charge in [0, 0.05) is 13.0 Å². The molecular formula is C57H86O12S. The number of esters is 1. The van der Waals surface area contributed by atoms with Gasteiger partial charge in [-0.25, -0.2) is 4.18 Å². The van der Waals surface area contributed by atoms with Crippen molar-refractivity contribution in [2.75, 3.05) is 26.4 Å². The van der Waals surface area contributed by atoms with E-state index in [1.54, 1.807) is 0 Å². The van der Waals surface area contributed by atoms with E-state index in [1.165, 1.54) is 0 Å². The fourth-order valence-electron chi connectivity index (χ4n) is 6.44. The van der Waals surface area contributed by atoms with Crippen LogP contribution >= 0.6 is 0 Å². The molecule has 6 unspecified atom stereocenters. The van der Waals surface area contributed by atoms with E-state index in [4.69, 9.17) is 18.9 Å². The van der Waals surface area contributed by atoms with Crippen LogP contribution in [-0.2, 0) is 38.3 Å². The Kier molecular flexibility index (Phi) is 41.7. The Morgan fingerprint density at radius 2 is 0.929 bits per heavy atom. The van der Waals surface area contributed by atoms with Gasteiger partial charge in [0.2, 0.25) is 0 Å². The maximum Gasteiger partial charge on any atom is 0.397 e. The van der Waals surface area contributed by atoms with Crippen LogP contribution in [0.5, 0.6) is 0 Å². The summed E-state index contributed by atoms with van der Waals surface area (Å²) in [6.45, 7) is 3.52. The van der Waals surface area contributed by atoms with Gasteiger partial charge in [-0.15, -0.1) is 0 Å². The molecule has 0 aromatic rings. The van der Waals surface area contributed by atoms with Gasteiger partial charge in [0.15, 0.2) is 6.29 Å². The predicted molar refractivity (Wildman–Crippen MR) is 284 cm³/mol. The highest BCUT2D eigenvalue weighted by molar-refractivity contribution is 7.80. The van der Waals surface area contributed by atoms with Crippen molar-refractivity contribution in [1.29, 1.82) is 0 Å². The van der Waals surface area contributed by atoms with Crippen LogP contribution in [0, 0.1) is 0 Å². The molecule has 70 heavy (non-hydrogen) atoms. The molecule has 1 aliphatic rings. The molecule has 1 aliphatic heterocycles. The number of aliphatic hydroxyl groups excluding tert-OH is 3. The Labute approximate surface area is 421 Å². The third-order valence-corrected chi connectivity index (χ3v) is 10.6. The average Bonchev–Trinajstić information content (AvgIpc) is 3.34. The second-order valence-corrected chi connectivity index (χ2v) is 17.3. The fourth-order valence-corrected chi connectivity index (χ4v) is 6.95. The molecule has 1 saturated heterocycles. The molecule has 0 aromatic heterocycles. The SMILES string of the molecule is CC/C=C\C/C=C\C/C=C\C/C=C\C/C=C\C/C=C\C/C=C\CCCCOCC(COC1OC(CO)C(O)C(OS(=O)(=O)O)C1O)OC(=O)CC/C=C\C/C=C\C/C=C\C/C=C\C/C=C\C/C=C\CC. The van der Waals surface area contributed by atoms with Crippen molar-refractivity contribution >= 4 is 16.4 Å². The summed E-state index contributed by atoms with van der Waals surface area (Å²) >= 11 is 0. The number of ether oxygens (including phenoxy) is 4. The van der Waals surface area contributed by atoms with Gasteiger partial charge >= 0.3 is 16.4 Å². The minimum absolute atomic E-state index is 0.0377. The normalized spacial score (nSPS) is 20.5. The monoisotopic (exact) mass is 995 g/mol. The fraction of sp³-hybridized carbons (Fsp3) is 0.526. The maximum atomic E-state index is 12.9. The second-order valence-electron chi connectivity index (χ2n) is 16.3. The first-order valence-electron chi connectivity index (χ1n) is 25.2. The number of aliphatic hydroxyl groups is 3. The molecule has 0 saturated carbocycles. The summed E-state index contributed by atoms with van der Waals surface area (Å²) in [7, 11) is -5.09. The first-order valence-corrected chi connectivity index (χ1v) is 26.6. The van der Waals surface area contributed by atoms with Gasteiger partial charge in [0.25, 0.3) is 0 Å². The number of hydrogen-bond acceptors (Lipinski definition) is 11. The average molecular weight is 995 g/mol. The molecule has 13 heteroatoms. The van der Waals surface area contributed by atoms with Crippen LogP contribution in [0.1, 0.15) is 129 Å². The van der Waals surface area contributed by atoms with Crippen LogP contribution in [0.15, 0.2) is 158 Å². The zero-order valence-electron chi connectivity index (χ0n) is 42.0. The minimum Gasteiger partial charge on any atom is -0.457 e. The van der Waals surface area contributed by atoms with Gasteiger partial charge in [-0.05, 0) is 109 Å². The first-order chi connectivity index (χ1) is 34.1. The number of carbonyl (C=O) groups excluding carboxylic acids is 1. The quantitative estimate of drug-likeness (QED) is 0.0197. The summed E-state index contributed by atoms with van der Waals surface area (Å²) in [6, 6.07) is 0. The Morgan fingerprint density at radius 1 is 0.543 bits per heavy atom. The zero-order chi connectivity index (χ0) is 51.0. The summed E-state index contributed by atoms with van der Waals surface area (Å²) in [5, 5.41) is 30.7. The van der Waals surface area contributed by atoms with Crippen molar-refractivity contribution < 1.29 is 56.2 Å². The summed E-state index contributed by atoms with van der Waals surface area (Å²) in [6.07, 6.45) is 61.5. The van der Waals surface area contributed by atoms with Crippen LogP contribution in [0.4, 0.5) is 0 Å². The van der Waals surface area contributed by atoms with Gasteiger partial charge in [0.05, 0.1) is 19.8 Å². The van der Waals surface area contributed by atoms with Gasteiger partial charge in [-0.3, -0.25) is 9.35 Å². The maximum absolute atomic E-state index is 12.9. The van der Waals surface area contributed by atoms with Crippen molar-refractivity contribution in [3.8, 4) is 0 Å². The third kappa shape index (κ3) is 38.5. The lowest BCUT2D eigenvalue weighted by Gasteiger charge is -2.41. The van der Waals surface area contributed by atoms with Crippen LogP contribution in [0.3, 0.4) is 0 Å². The van der Waals surface area contributed by atoms with Crippen molar-refractivity contribution in [2.24, 2.45) is 0 Å². The Balaban J connectivity index is 2.49. The molecule has 4 N–H and O–H groups in total. The topological polar surface area (TPSA) is 178 Å². The second kappa shape index (κ2) is 45.8. The number of hydrogen-bond donors (Lipinski definition) is 4. The van der Waals surface area contributed by atoms with Crippen LogP contribution < -0.4 is 0 Å². The lowest BCUT2D eigenvalue weighted by molar-refractivity contribution is -0.301. The highest BCUT2D eigenvalue weighted by atomic mass is 32.3. The molecular weight excluding hydrogens is 909 g/mol. The standard InChI is InChI=1S/C57H86O12S/c1-3-5-7-9-11-13-15-17-19-21-23-24-25-26-27-29-31-33-35-37-39-41-43-45-47-65-49-51(50-66-57-55(61)56(69-70(62,63)64)54(60)52(48-58)68-57)67-53(59)46-44-42-40-38-36-34-32-30-28-22-20-18-16-14-12-10-8-6-4-2/h5-8,11-14,17-20,23-24,26-28,30-31,33-34,36-37,39-40,42,51-52,54-58,60-61H,3-4,9-10,15-16,21-22,25,29,32,35,38,41,43-50H2,1-2H3,(H,62,63,64)/b7-5-,8-6-,13-11-,14-12-,19-17-,20-18-,24-23-,27-26-,30-28-,33-31-,36-34-,39-37-,42-40-. The molecule has 0 aromatic carbocycles. The molecule has 0 amide bonds. The smallest absolute Gasteiger partial charge is 0.397 e. The number of carbonyl (C=O) groups is 1.